The topological polar surface area (TPSA) is 64.6 Å². The largest absolute Gasteiger partial charge is 0.484 e. The molecule has 1 saturated heterocycles. The Kier molecular flexibility index (Phi) is 6.46. The van der Waals surface area contributed by atoms with Gasteiger partial charge in [-0.15, -0.1) is 23.5 Å². The van der Waals surface area contributed by atoms with Crippen molar-refractivity contribution in [1.82, 2.24) is 0 Å². The zero-order chi connectivity index (χ0) is 18.4. The molecule has 0 aromatic heterocycles. The molecule has 5 nitrogen and oxygen atoms in total. The van der Waals surface area contributed by atoms with E-state index in [4.69, 9.17) is 4.74 Å². The van der Waals surface area contributed by atoms with Gasteiger partial charge >= 0.3 is 5.97 Å². The Balaban J connectivity index is 1.51. The van der Waals surface area contributed by atoms with E-state index in [1.165, 1.54) is 24.2 Å². The lowest BCUT2D eigenvalue weighted by Crippen LogP contribution is -2.20. The van der Waals surface area contributed by atoms with Gasteiger partial charge in [0, 0.05) is 17.2 Å². The Bertz CT molecular complexity index is 773. The number of thioether (sulfide) groups is 2. The number of ether oxygens (including phenoxy) is 2. The molecule has 0 bridgehead atoms. The highest BCUT2D eigenvalue weighted by atomic mass is 32.2. The Morgan fingerprint density at radius 1 is 1.12 bits per heavy atom. The van der Waals surface area contributed by atoms with E-state index in [1.807, 2.05) is 47.8 Å². The minimum Gasteiger partial charge on any atom is -0.484 e. The van der Waals surface area contributed by atoms with Gasteiger partial charge in [-0.25, -0.2) is 4.79 Å². The minimum atomic E-state index is -0.448. The highest BCUT2D eigenvalue weighted by Gasteiger charge is 2.18. The molecule has 2 aromatic rings. The van der Waals surface area contributed by atoms with Gasteiger partial charge in [0.2, 0.25) is 0 Å². The quantitative estimate of drug-likeness (QED) is 0.754. The van der Waals surface area contributed by atoms with Crippen molar-refractivity contribution in [2.24, 2.45) is 0 Å². The molecule has 1 amide bonds. The first-order valence-electron chi connectivity index (χ1n) is 8.10. The van der Waals surface area contributed by atoms with E-state index in [2.05, 4.69) is 10.1 Å². The van der Waals surface area contributed by atoms with Crippen LogP contribution in [0, 0.1) is 0 Å². The summed E-state index contributed by atoms with van der Waals surface area (Å²) < 4.78 is 10.7. The maximum Gasteiger partial charge on any atom is 0.337 e. The zero-order valence-corrected chi connectivity index (χ0v) is 15.9. The number of hydrogen-bond acceptors (Lipinski definition) is 6. The Labute approximate surface area is 160 Å². The zero-order valence-electron chi connectivity index (χ0n) is 14.3. The lowest BCUT2D eigenvalue weighted by atomic mass is 10.2. The monoisotopic (exact) mass is 389 g/mol. The van der Waals surface area contributed by atoms with E-state index in [1.54, 1.807) is 24.3 Å². The molecule has 2 aromatic carbocycles. The maximum absolute atomic E-state index is 12.1. The minimum absolute atomic E-state index is 0.102. The number of hydrogen-bond donors (Lipinski definition) is 1. The summed E-state index contributed by atoms with van der Waals surface area (Å²) in [5, 5.41) is 2.71. The fourth-order valence-corrected chi connectivity index (χ4v) is 5.32. The van der Waals surface area contributed by atoms with Crippen LogP contribution in [0.2, 0.25) is 0 Å². The van der Waals surface area contributed by atoms with Crippen LogP contribution in [0.1, 0.15) is 20.5 Å². The van der Waals surface area contributed by atoms with Crippen LogP contribution in [0.5, 0.6) is 5.75 Å². The number of benzene rings is 2. The van der Waals surface area contributed by atoms with Gasteiger partial charge in [-0.2, -0.15) is 0 Å². The van der Waals surface area contributed by atoms with E-state index in [0.29, 0.717) is 21.6 Å². The average molecular weight is 389 g/mol. The van der Waals surface area contributed by atoms with Crippen molar-refractivity contribution in [2.45, 2.75) is 4.58 Å². The van der Waals surface area contributed by atoms with E-state index >= 15 is 0 Å². The summed E-state index contributed by atoms with van der Waals surface area (Å²) >= 11 is 3.90. The van der Waals surface area contributed by atoms with Gasteiger partial charge in [0.25, 0.3) is 5.91 Å². The van der Waals surface area contributed by atoms with E-state index in [0.717, 1.165) is 0 Å². The summed E-state index contributed by atoms with van der Waals surface area (Å²) in [6, 6.07) is 14.4. The van der Waals surface area contributed by atoms with Crippen LogP contribution in [0.4, 0.5) is 5.69 Å². The first kappa shape index (κ1) is 18.7. The summed E-state index contributed by atoms with van der Waals surface area (Å²) in [4.78, 5) is 23.6. The SMILES string of the molecule is COC(=O)c1cccc(NC(=O)COc2ccc(C3SCCS3)cc2)c1. The number of esters is 1. The highest BCUT2D eigenvalue weighted by Crippen LogP contribution is 2.45. The predicted molar refractivity (Wildman–Crippen MR) is 106 cm³/mol. The van der Waals surface area contributed by atoms with Crippen LogP contribution in [-0.4, -0.2) is 37.1 Å². The molecule has 1 heterocycles. The molecule has 1 N–H and O–H groups in total. The fraction of sp³-hybridized carbons (Fsp3) is 0.263. The van der Waals surface area contributed by atoms with Crippen molar-refractivity contribution in [3.8, 4) is 5.75 Å². The van der Waals surface area contributed by atoms with E-state index in [-0.39, 0.29) is 12.5 Å². The standard InChI is InChI=1S/C19H19NO4S2/c1-23-18(22)14-3-2-4-15(11-14)20-17(21)12-24-16-7-5-13(6-8-16)19-25-9-10-26-19/h2-8,11,19H,9-10,12H2,1H3,(H,20,21). The summed E-state index contributed by atoms with van der Waals surface area (Å²) in [5.74, 6) is 2.28. The third-order valence-corrected chi connectivity index (χ3v) is 6.82. The number of nitrogens with one attached hydrogen (secondary N) is 1. The van der Waals surface area contributed by atoms with Gasteiger partial charge in [-0.1, -0.05) is 18.2 Å². The number of rotatable bonds is 6. The molecule has 0 unspecified atom stereocenters. The van der Waals surface area contributed by atoms with Crippen LogP contribution in [-0.2, 0) is 9.53 Å². The van der Waals surface area contributed by atoms with Gasteiger partial charge in [0.1, 0.15) is 5.75 Å². The number of anilines is 1. The number of methoxy groups -OCH3 is 1. The van der Waals surface area contributed by atoms with Gasteiger partial charge in [0.05, 0.1) is 17.3 Å². The second kappa shape index (κ2) is 9.00. The summed E-state index contributed by atoms with van der Waals surface area (Å²) in [6.07, 6.45) is 0. The van der Waals surface area contributed by atoms with Crippen LogP contribution < -0.4 is 10.1 Å². The number of carbonyl (C=O) groups is 2. The van der Waals surface area contributed by atoms with E-state index < -0.39 is 5.97 Å². The molecule has 136 valence electrons. The fourth-order valence-electron chi connectivity index (χ4n) is 2.46. The Morgan fingerprint density at radius 3 is 2.54 bits per heavy atom. The van der Waals surface area contributed by atoms with E-state index in [9.17, 15) is 9.59 Å². The molecular weight excluding hydrogens is 370 g/mol. The van der Waals surface area contributed by atoms with Crippen molar-refractivity contribution < 1.29 is 19.1 Å². The third kappa shape index (κ3) is 4.95. The Hall–Kier alpha value is -2.12. The molecule has 1 aliphatic heterocycles. The first-order chi connectivity index (χ1) is 12.7. The van der Waals surface area contributed by atoms with Crippen LogP contribution in [0.25, 0.3) is 0 Å². The highest BCUT2D eigenvalue weighted by molar-refractivity contribution is 8.19. The predicted octanol–water partition coefficient (Wildman–Crippen LogP) is 3.97. The molecule has 0 radical (unpaired) electrons. The third-order valence-electron chi connectivity index (χ3n) is 3.71. The summed E-state index contributed by atoms with van der Waals surface area (Å²) in [6.45, 7) is -0.102. The molecule has 1 aliphatic rings. The van der Waals surface area contributed by atoms with Gasteiger partial charge in [-0.3, -0.25) is 4.79 Å². The maximum atomic E-state index is 12.1. The lowest BCUT2D eigenvalue weighted by Gasteiger charge is -2.11. The van der Waals surface area contributed by atoms with Gasteiger partial charge in [-0.05, 0) is 35.9 Å². The van der Waals surface area contributed by atoms with Crippen molar-refractivity contribution >= 4 is 41.1 Å². The smallest absolute Gasteiger partial charge is 0.337 e. The number of carbonyl (C=O) groups excluding carboxylic acids is 2. The molecule has 1 fully saturated rings. The molecule has 0 atom stereocenters. The second-order valence-corrected chi connectivity index (χ2v) is 8.28. The molecule has 0 spiro atoms. The molecule has 0 aliphatic carbocycles. The van der Waals surface area contributed by atoms with Crippen molar-refractivity contribution in [1.29, 1.82) is 0 Å². The van der Waals surface area contributed by atoms with Crippen molar-refractivity contribution in [3.63, 3.8) is 0 Å². The lowest BCUT2D eigenvalue weighted by molar-refractivity contribution is -0.118. The van der Waals surface area contributed by atoms with Crippen LogP contribution >= 0.6 is 23.5 Å². The Morgan fingerprint density at radius 2 is 1.85 bits per heavy atom. The van der Waals surface area contributed by atoms with Gasteiger partial charge in [0.15, 0.2) is 6.61 Å². The van der Waals surface area contributed by atoms with Crippen molar-refractivity contribution in [3.05, 3.63) is 59.7 Å². The second-order valence-electron chi connectivity index (χ2n) is 5.55. The molecule has 0 saturated carbocycles. The summed E-state index contributed by atoms with van der Waals surface area (Å²) in [7, 11) is 1.32. The normalized spacial score (nSPS) is 14.0. The van der Waals surface area contributed by atoms with Crippen LogP contribution in [0.3, 0.4) is 0 Å². The van der Waals surface area contributed by atoms with Crippen molar-refractivity contribution in [2.75, 3.05) is 30.5 Å². The molecule has 3 rings (SSSR count). The molecule has 7 heteroatoms. The summed E-state index contributed by atoms with van der Waals surface area (Å²) in [5.41, 5.74) is 2.17. The molecule has 26 heavy (non-hydrogen) atoms. The number of amides is 1. The van der Waals surface area contributed by atoms with Gasteiger partial charge < -0.3 is 14.8 Å². The molecular formula is C19H19NO4S2. The average Bonchev–Trinajstić information content (AvgIpc) is 3.21. The van der Waals surface area contributed by atoms with Crippen LogP contribution in [0.15, 0.2) is 48.5 Å². The first-order valence-corrected chi connectivity index (χ1v) is 10.2.